The van der Waals surface area contributed by atoms with E-state index in [1.54, 1.807) is 6.07 Å². The van der Waals surface area contributed by atoms with Gasteiger partial charge in [-0.25, -0.2) is 14.2 Å². The van der Waals surface area contributed by atoms with Crippen molar-refractivity contribution in [2.24, 2.45) is 0 Å². The van der Waals surface area contributed by atoms with Gasteiger partial charge in [-0.1, -0.05) is 29.5 Å². The third-order valence-electron chi connectivity index (χ3n) is 3.16. The first-order valence-electron chi connectivity index (χ1n) is 7.09. The van der Waals surface area contributed by atoms with Crippen molar-refractivity contribution in [1.82, 2.24) is 4.98 Å². The summed E-state index contributed by atoms with van der Waals surface area (Å²) < 4.78 is 44.8. The number of halogens is 1. The molecular formula is C16H11FN2O5S2. The van der Waals surface area contributed by atoms with Crippen LogP contribution in [0.15, 0.2) is 59.8 Å². The normalized spacial score (nSPS) is 11.1. The highest BCUT2D eigenvalue weighted by atomic mass is 32.2. The van der Waals surface area contributed by atoms with E-state index in [0.717, 1.165) is 11.3 Å². The Labute approximate surface area is 151 Å². The van der Waals surface area contributed by atoms with E-state index in [-0.39, 0.29) is 15.8 Å². The summed E-state index contributed by atoms with van der Waals surface area (Å²) >= 11 is 0.910. The van der Waals surface area contributed by atoms with Crippen molar-refractivity contribution in [2.45, 2.75) is 5.03 Å². The molecule has 2 aromatic heterocycles. The first-order chi connectivity index (χ1) is 12.3. The summed E-state index contributed by atoms with van der Waals surface area (Å²) in [6.07, 6.45) is -0.267. The van der Waals surface area contributed by atoms with Gasteiger partial charge in [0.15, 0.2) is 5.03 Å². The number of hydrogen-bond acceptors (Lipinski definition) is 6. The fourth-order valence-electron chi connectivity index (χ4n) is 2.06. The maximum Gasteiger partial charge on any atom is 0.512 e. The highest BCUT2D eigenvalue weighted by molar-refractivity contribution is 7.92. The number of rotatable bonds is 5. The zero-order chi connectivity index (χ0) is 18.7. The summed E-state index contributed by atoms with van der Waals surface area (Å²) in [4.78, 5) is 15.2. The predicted octanol–water partition coefficient (Wildman–Crippen LogP) is 3.81. The number of anilines is 1. The van der Waals surface area contributed by atoms with Crippen LogP contribution in [0, 0.1) is 5.82 Å². The molecule has 26 heavy (non-hydrogen) atoms. The second-order valence-electron chi connectivity index (χ2n) is 4.96. The van der Waals surface area contributed by atoms with Gasteiger partial charge in [-0.3, -0.25) is 4.72 Å². The van der Waals surface area contributed by atoms with Gasteiger partial charge in [0.2, 0.25) is 5.06 Å². The minimum Gasteiger partial charge on any atom is -0.449 e. The third kappa shape index (κ3) is 3.98. The molecule has 0 spiro atoms. The molecule has 0 radical (unpaired) electrons. The number of benzene rings is 1. The summed E-state index contributed by atoms with van der Waals surface area (Å²) in [7, 11) is -4.03. The molecule has 3 aromatic rings. The first kappa shape index (κ1) is 17.8. The Balaban J connectivity index is 1.99. The Hall–Kier alpha value is -2.98. The Bertz CT molecular complexity index is 1030. The molecule has 0 aliphatic carbocycles. The van der Waals surface area contributed by atoms with Crippen LogP contribution in [-0.2, 0) is 10.0 Å². The van der Waals surface area contributed by atoms with Crippen LogP contribution in [0.2, 0.25) is 0 Å². The highest BCUT2D eigenvalue weighted by Gasteiger charge is 2.22. The highest BCUT2D eigenvalue weighted by Crippen LogP contribution is 2.41. The van der Waals surface area contributed by atoms with Crippen LogP contribution < -0.4 is 9.46 Å². The largest absolute Gasteiger partial charge is 0.512 e. The summed E-state index contributed by atoms with van der Waals surface area (Å²) in [5, 5.41) is 8.49. The smallest absolute Gasteiger partial charge is 0.449 e. The van der Waals surface area contributed by atoms with Crippen LogP contribution in [0.3, 0.4) is 0 Å². The Morgan fingerprint density at radius 3 is 2.54 bits per heavy atom. The topological polar surface area (TPSA) is 106 Å². The molecule has 7 nitrogen and oxygen atoms in total. The fraction of sp³-hybridized carbons (Fsp3) is 0. The maximum atomic E-state index is 13.1. The number of carboxylic acid groups (broad SMARTS) is 1. The molecule has 0 saturated carbocycles. The van der Waals surface area contributed by atoms with Crippen molar-refractivity contribution < 1.29 is 27.4 Å². The van der Waals surface area contributed by atoms with E-state index in [0.29, 0.717) is 10.4 Å². The van der Waals surface area contributed by atoms with E-state index in [2.05, 4.69) is 14.4 Å². The van der Waals surface area contributed by atoms with Crippen LogP contribution in [0.25, 0.3) is 10.4 Å². The Morgan fingerprint density at radius 2 is 1.92 bits per heavy atom. The molecule has 0 atom stereocenters. The minimum atomic E-state index is -4.03. The van der Waals surface area contributed by atoms with E-state index in [4.69, 9.17) is 5.11 Å². The number of carbonyl (C=O) groups is 1. The molecule has 0 unspecified atom stereocenters. The minimum absolute atomic E-state index is 0.0534. The van der Waals surface area contributed by atoms with Crippen molar-refractivity contribution in [3.05, 3.63) is 60.5 Å². The van der Waals surface area contributed by atoms with Gasteiger partial charge < -0.3 is 9.84 Å². The van der Waals surface area contributed by atoms with E-state index >= 15 is 0 Å². The van der Waals surface area contributed by atoms with Gasteiger partial charge >= 0.3 is 6.16 Å². The standard InChI is InChI=1S/C16H11FN2O5S2/c17-11-6-4-10(5-7-11)13-9-12(15(25-13)24-16(20)21)19-26(22,23)14-3-1-2-8-18-14/h1-9,19H,(H,20,21). The molecule has 0 saturated heterocycles. The van der Waals surface area contributed by atoms with Gasteiger partial charge in [-0.2, -0.15) is 8.42 Å². The monoisotopic (exact) mass is 394 g/mol. The van der Waals surface area contributed by atoms with Crippen molar-refractivity contribution in [1.29, 1.82) is 0 Å². The zero-order valence-electron chi connectivity index (χ0n) is 12.9. The average molecular weight is 394 g/mol. The maximum absolute atomic E-state index is 13.1. The van der Waals surface area contributed by atoms with Gasteiger partial charge in [0.05, 0.1) is 0 Å². The number of aromatic nitrogens is 1. The molecule has 10 heteroatoms. The van der Waals surface area contributed by atoms with Crippen molar-refractivity contribution >= 4 is 33.2 Å². The van der Waals surface area contributed by atoms with Gasteiger partial charge in [0.1, 0.15) is 11.5 Å². The number of ether oxygens (including phenoxy) is 1. The van der Waals surface area contributed by atoms with Crippen LogP contribution in [-0.4, -0.2) is 24.7 Å². The number of sulfonamides is 1. The van der Waals surface area contributed by atoms with E-state index in [1.807, 2.05) is 0 Å². The van der Waals surface area contributed by atoms with E-state index in [9.17, 15) is 17.6 Å². The van der Waals surface area contributed by atoms with Gasteiger partial charge in [-0.05, 0) is 35.9 Å². The average Bonchev–Trinajstić information content (AvgIpc) is 2.97. The predicted molar refractivity (Wildman–Crippen MR) is 93.4 cm³/mol. The fourth-order valence-corrected chi connectivity index (χ4v) is 4.09. The molecule has 0 amide bonds. The van der Waals surface area contributed by atoms with Crippen LogP contribution in [0.5, 0.6) is 5.06 Å². The molecule has 1 aromatic carbocycles. The Kier molecular flexibility index (Phi) is 4.87. The van der Waals surface area contributed by atoms with Crippen molar-refractivity contribution in [3.8, 4) is 15.5 Å². The van der Waals surface area contributed by atoms with Gasteiger partial charge in [0, 0.05) is 11.1 Å². The molecular weight excluding hydrogens is 383 g/mol. The van der Waals surface area contributed by atoms with E-state index in [1.165, 1.54) is 48.7 Å². The lowest BCUT2D eigenvalue weighted by atomic mass is 10.2. The summed E-state index contributed by atoms with van der Waals surface area (Å²) in [6, 6.07) is 11.2. The second-order valence-corrected chi connectivity index (χ2v) is 7.60. The lowest BCUT2D eigenvalue weighted by molar-refractivity contribution is 0.146. The Morgan fingerprint density at radius 1 is 1.19 bits per heavy atom. The number of hydrogen-bond donors (Lipinski definition) is 2. The third-order valence-corrected chi connectivity index (χ3v) is 5.51. The van der Waals surface area contributed by atoms with Crippen molar-refractivity contribution in [2.75, 3.05) is 4.72 Å². The second kappa shape index (κ2) is 7.10. The lowest BCUT2D eigenvalue weighted by Crippen LogP contribution is -2.15. The summed E-state index contributed by atoms with van der Waals surface area (Å²) in [6.45, 7) is 0. The lowest BCUT2D eigenvalue weighted by Gasteiger charge is -2.06. The summed E-state index contributed by atoms with van der Waals surface area (Å²) in [5.41, 5.74) is 0.525. The molecule has 0 bridgehead atoms. The van der Waals surface area contributed by atoms with E-state index < -0.39 is 22.0 Å². The molecule has 2 N–H and O–H groups in total. The molecule has 134 valence electrons. The van der Waals surface area contributed by atoms with Crippen LogP contribution in [0.4, 0.5) is 14.9 Å². The number of pyridine rings is 1. The molecule has 0 fully saturated rings. The molecule has 3 rings (SSSR count). The van der Waals surface area contributed by atoms with Gasteiger partial charge in [0.25, 0.3) is 10.0 Å². The van der Waals surface area contributed by atoms with Gasteiger partial charge in [-0.15, -0.1) is 0 Å². The quantitative estimate of drug-likeness (QED) is 0.638. The number of thiophene rings is 1. The molecule has 0 aliphatic rings. The summed E-state index contributed by atoms with van der Waals surface area (Å²) in [5.74, 6) is -0.427. The van der Waals surface area contributed by atoms with Crippen LogP contribution in [0.1, 0.15) is 0 Å². The first-order valence-corrected chi connectivity index (χ1v) is 9.39. The molecule has 2 heterocycles. The molecule has 0 aliphatic heterocycles. The zero-order valence-corrected chi connectivity index (χ0v) is 14.6. The SMILES string of the molecule is O=C(O)Oc1sc(-c2ccc(F)cc2)cc1NS(=O)(=O)c1ccccn1. The van der Waals surface area contributed by atoms with Crippen LogP contribution >= 0.6 is 11.3 Å². The number of nitrogens with one attached hydrogen (secondary N) is 1. The number of nitrogens with zero attached hydrogens (tertiary/aromatic N) is 1. The van der Waals surface area contributed by atoms with Crippen molar-refractivity contribution in [3.63, 3.8) is 0 Å².